The summed E-state index contributed by atoms with van der Waals surface area (Å²) >= 11 is 1.57. The molecule has 5 nitrogen and oxygen atoms in total. The van der Waals surface area contributed by atoms with Crippen LogP contribution in [0, 0.1) is 11.3 Å². The van der Waals surface area contributed by atoms with E-state index in [2.05, 4.69) is 11.4 Å². The Kier molecular flexibility index (Phi) is 6.05. The van der Waals surface area contributed by atoms with Gasteiger partial charge in [0.25, 0.3) is 5.91 Å². The van der Waals surface area contributed by atoms with Crippen LogP contribution in [-0.4, -0.2) is 24.0 Å². The predicted molar refractivity (Wildman–Crippen MR) is 105 cm³/mol. The molecular weight excluding hydrogens is 360 g/mol. The zero-order valence-corrected chi connectivity index (χ0v) is 15.6. The Labute approximate surface area is 162 Å². The van der Waals surface area contributed by atoms with E-state index in [0.29, 0.717) is 12.8 Å². The molecule has 27 heavy (non-hydrogen) atoms. The molecule has 2 aromatic rings. The minimum absolute atomic E-state index is 0.383. The van der Waals surface area contributed by atoms with Crippen molar-refractivity contribution in [2.75, 3.05) is 6.61 Å². The zero-order valence-electron chi connectivity index (χ0n) is 14.8. The van der Waals surface area contributed by atoms with Crippen molar-refractivity contribution >= 4 is 29.3 Å². The van der Waals surface area contributed by atoms with Crippen molar-refractivity contribution in [3.63, 3.8) is 0 Å². The van der Waals surface area contributed by atoms with E-state index in [1.807, 2.05) is 42.5 Å². The van der Waals surface area contributed by atoms with Gasteiger partial charge in [-0.1, -0.05) is 30.3 Å². The fourth-order valence-corrected chi connectivity index (χ4v) is 4.00. The first-order valence-corrected chi connectivity index (χ1v) is 9.64. The third-order valence-electron chi connectivity index (χ3n) is 4.46. The quantitative estimate of drug-likeness (QED) is 0.608. The Morgan fingerprint density at radius 3 is 2.63 bits per heavy atom. The highest BCUT2D eigenvalue weighted by atomic mass is 32.1. The van der Waals surface area contributed by atoms with Crippen LogP contribution in [0.25, 0.3) is 16.5 Å². The number of nitrogens with one attached hydrogen (secondary N) is 1. The first-order chi connectivity index (χ1) is 13.1. The molecule has 0 saturated heterocycles. The van der Waals surface area contributed by atoms with Crippen LogP contribution in [0.2, 0.25) is 0 Å². The van der Waals surface area contributed by atoms with Crippen LogP contribution in [0.4, 0.5) is 0 Å². The van der Waals surface area contributed by atoms with Crippen LogP contribution >= 0.6 is 11.3 Å². The molecule has 0 bridgehead atoms. The van der Waals surface area contributed by atoms with Gasteiger partial charge in [0, 0.05) is 15.8 Å². The van der Waals surface area contributed by atoms with E-state index >= 15 is 0 Å². The number of nitrogens with zero attached hydrogens (tertiary/aromatic N) is 1. The molecule has 1 saturated carbocycles. The predicted octanol–water partition coefficient (Wildman–Crippen LogP) is 3.92. The van der Waals surface area contributed by atoms with Gasteiger partial charge in [-0.25, -0.2) is 4.79 Å². The van der Waals surface area contributed by atoms with Crippen LogP contribution < -0.4 is 5.32 Å². The fraction of sp³-hybridized carbons (Fsp3) is 0.286. The average Bonchev–Trinajstić information content (AvgIpc) is 3.35. The normalized spacial score (nSPS) is 15.4. The van der Waals surface area contributed by atoms with Gasteiger partial charge in [0.2, 0.25) is 0 Å². The van der Waals surface area contributed by atoms with Crippen LogP contribution in [0.5, 0.6) is 0 Å². The number of nitriles is 1. The first-order valence-electron chi connectivity index (χ1n) is 8.83. The van der Waals surface area contributed by atoms with E-state index < -0.39 is 17.4 Å². The maximum Gasteiger partial charge on any atom is 0.331 e. The van der Waals surface area contributed by atoms with Gasteiger partial charge in [0.05, 0.1) is 6.07 Å². The second-order valence-electron chi connectivity index (χ2n) is 6.46. The largest absolute Gasteiger partial charge is 0.452 e. The van der Waals surface area contributed by atoms with Crippen LogP contribution in [0.3, 0.4) is 0 Å². The van der Waals surface area contributed by atoms with Gasteiger partial charge in [-0.2, -0.15) is 5.26 Å². The van der Waals surface area contributed by atoms with Crippen LogP contribution in [0.1, 0.15) is 30.6 Å². The number of hydrogen-bond acceptors (Lipinski definition) is 5. The van der Waals surface area contributed by atoms with Gasteiger partial charge in [-0.15, -0.1) is 11.3 Å². The first kappa shape index (κ1) is 18.9. The van der Waals surface area contributed by atoms with Gasteiger partial charge in [0.15, 0.2) is 6.61 Å². The highest BCUT2D eigenvalue weighted by molar-refractivity contribution is 7.16. The summed E-state index contributed by atoms with van der Waals surface area (Å²) in [6.07, 6.45) is 6.11. The second kappa shape index (κ2) is 8.65. The number of benzene rings is 1. The van der Waals surface area contributed by atoms with Crippen molar-refractivity contribution in [1.82, 2.24) is 5.32 Å². The molecule has 1 heterocycles. The molecule has 0 radical (unpaired) electrons. The van der Waals surface area contributed by atoms with E-state index in [-0.39, 0.29) is 6.61 Å². The highest BCUT2D eigenvalue weighted by Gasteiger charge is 2.35. The Balaban J connectivity index is 1.49. The zero-order chi connectivity index (χ0) is 19.1. The molecule has 1 aliphatic rings. The standard InChI is InChI=1S/C21H20N2O3S/c22-15-21(12-4-5-13-21)23-19(24)14-26-20(25)11-9-17-8-10-18(27-17)16-6-2-1-3-7-16/h1-3,6-11H,4-5,12-14H2,(H,23,24)/b11-9+. The third-order valence-corrected chi connectivity index (χ3v) is 5.56. The number of ether oxygens (including phenoxy) is 1. The lowest BCUT2D eigenvalue weighted by Gasteiger charge is -2.21. The summed E-state index contributed by atoms with van der Waals surface area (Å²) in [6, 6.07) is 16.1. The minimum Gasteiger partial charge on any atom is -0.452 e. The number of rotatable bonds is 6. The van der Waals surface area contributed by atoms with Crippen molar-refractivity contribution in [3.05, 3.63) is 53.4 Å². The summed E-state index contributed by atoms with van der Waals surface area (Å²) in [5, 5.41) is 11.9. The summed E-state index contributed by atoms with van der Waals surface area (Å²) in [7, 11) is 0. The van der Waals surface area contributed by atoms with Gasteiger partial charge in [-0.3, -0.25) is 4.79 Å². The van der Waals surface area contributed by atoms with Crippen molar-refractivity contribution < 1.29 is 14.3 Å². The van der Waals surface area contributed by atoms with E-state index in [9.17, 15) is 14.9 Å². The van der Waals surface area contributed by atoms with E-state index in [1.165, 1.54) is 6.08 Å². The molecule has 0 unspecified atom stereocenters. The lowest BCUT2D eigenvalue weighted by atomic mass is 10.00. The average molecular weight is 380 g/mol. The molecule has 1 N–H and O–H groups in total. The summed E-state index contributed by atoms with van der Waals surface area (Å²) in [5.74, 6) is -1.03. The molecule has 1 aromatic carbocycles. The molecule has 6 heteroatoms. The van der Waals surface area contributed by atoms with Crippen molar-refractivity contribution in [3.8, 4) is 16.5 Å². The number of amides is 1. The van der Waals surface area contributed by atoms with Crippen molar-refractivity contribution in [2.24, 2.45) is 0 Å². The lowest BCUT2D eigenvalue weighted by molar-refractivity contribution is -0.144. The molecule has 1 amide bonds. The molecule has 1 aliphatic carbocycles. The molecule has 1 aromatic heterocycles. The molecular formula is C21H20N2O3S. The van der Waals surface area contributed by atoms with Crippen LogP contribution in [-0.2, 0) is 14.3 Å². The summed E-state index contributed by atoms with van der Waals surface area (Å²) in [4.78, 5) is 25.8. The molecule has 3 rings (SSSR count). The molecule has 138 valence electrons. The van der Waals surface area contributed by atoms with Gasteiger partial charge in [0.1, 0.15) is 5.54 Å². The Morgan fingerprint density at radius 2 is 1.93 bits per heavy atom. The van der Waals surface area contributed by atoms with E-state index in [0.717, 1.165) is 28.2 Å². The van der Waals surface area contributed by atoms with Gasteiger partial charge in [-0.05, 0) is 49.5 Å². The van der Waals surface area contributed by atoms with E-state index in [4.69, 9.17) is 4.74 Å². The number of esters is 1. The summed E-state index contributed by atoms with van der Waals surface area (Å²) in [5.41, 5.74) is 0.323. The SMILES string of the molecule is N#CC1(NC(=O)COC(=O)/C=C/c2ccc(-c3ccccc3)s2)CCCC1. The topological polar surface area (TPSA) is 79.2 Å². The van der Waals surface area contributed by atoms with Crippen molar-refractivity contribution in [2.45, 2.75) is 31.2 Å². The Morgan fingerprint density at radius 1 is 1.19 bits per heavy atom. The van der Waals surface area contributed by atoms with Gasteiger partial charge < -0.3 is 10.1 Å². The maximum absolute atomic E-state index is 11.9. The molecule has 0 spiro atoms. The number of thiophene rings is 1. The summed E-state index contributed by atoms with van der Waals surface area (Å²) in [6.45, 7) is -0.383. The molecule has 1 fully saturated rings. The monoisotopic (exact) mass is 380 g/mol. The highest BCUT2D eigenvalue weighted by Crippen LogP contribution is 2.29. The second-order valence-corrected chi connectivity index (χ2v) is 7.57. The number of hydrogen-bond donors (Lipinski definition) is 1. The van der Waals surface area contributed by atoms with Crippen LogP contribution in [0.15, 0.2) is 48.5 Å². The molecule has 0 aliphatic heterocycles. The Hall–Kier alpha value is -2.91. The lowest BCUT2D eigenvalue weighted by Crippen LogP contribution is -2.46. The Bertz CT molecular complexity index is 874. The third kappa shape index (κ3) is 5.05. The molecule has 0 atom stereocenters. The number of carbonyl (C=O) groups excluding carboxylic acids is 2. The van der Waals surface area contributed by atoms with Gasteiger partial charge >= 0.3 is 5.97 Å². The minimum atomic E-state index is -0.801. The summed E-state index contributed by atoms with van der Waals surface area (Å²) < 4.78 is 4.97. The van der Waals surface area contributed by atoms with Crippen molar-refractivity contribution in [1.29, 1.82) is 5.26 Å². The fourth-order valence-electron chi connectivity index (χ4n) is 3.08. The maximum atomic E-state index is 11.9. The smallest absolute Gasteiger partial charge is 0.331 e. The van der Waals surface area contributed by atoms with E-state index in [1.54, 1.807) is 17.4 Å². The number of carbonyl (C=O) groups is 2.